The molecule has 30 heavy (non-hydrogen) atoms. The highest BCUT2D eigenvalue weighted by Gasteiger charge is 2.15. The number of nitrogens with one attached hydrogen (secondary N) is 1. The third-order valence-corrected chi connectivity index (χ3v) is 4.27. The summed E-state index contributed by atoms with van der Waals surface area (Å²) in [5.41, 5.74) is 2.84. The van der Waals surface area contributed by atoms with Crippen LogP contribution >= 0.6 is 0 Å². The molecule has 0 fully saturated rings. The Morgan fingerprint density at radius 2 is 1.93 bits per heavy atom. The van der Waals surface area contributed by atoms with Crippen molar-refractivity contribution < 1.29 is 27.8 Å². The van der Waals surface area contributed by atoms with Gasteiger partial charge in [0.05, 0.1) is 13.7 Å². The van der Waals surface area contributed by atoms with Crippen LogP contribution in [0, 0.1) is 13.8 Å². The molecule has 2 aromatic rings. The van der Waals surface area contributed by atoms with Gasteiger partial charge in [-0.1, -0.05) is 24.3 Å². The van der Waals surface area contributed by atoms with E-state index in [1.165, 1.54) is 43.3 Å². The van der Waals surface area contributed by atoms with E-state index in [4.69, 9.17) is 4.74 Å². The third-order valence-electron chi connectivity index (χ3n) is 4.27. The SMILES string of the molecule is COc1cccc(/C=C/C(=O)N(C)CC(=O)Nc2cc(C)ccc2C)c1OC(F)F. The van der Waals surface area contributed by atoms with Crippen molar-refractivity contribution in [3.8, 4) is 11.5 Å². The molecule has 0 atom stereocenters. The molecule has 6 nitrogen and oxygen atoms in total. The minimum absolute atomic E-state index is 0.117. The zero-order valence-corrected chi connectivity index (χ0v) is 17.2. The Bertz CT molecular complexity index is 945. The first-order valence-corrected chi connectivity index (χ1v) is 9.13. The molecule has 0 saturated carbocycles. The van der Waals surface area contributed by atoms with E-state index in [-0.39, 0.29) is 29.5 Å². The third kappa shape index (κ3) is 6.30. The lowest BCUT2D eigenvalue weighted by Gasteiger charge is -2.16. The number of para-hydroxylation sites is 1. The summed E-state index contributed by atoms with van der Waals surface area (Å²) in [6.07, 6.45) is 2.51. The Morgan fingerprint density at radius 3 is 2.60 bits per heavy atom. The average molecular weight is 418 g/mol. The standard InChI is InChI=1S/C22H24F2N2O4/c1-14-8-9-15(2)17(12-14)25-19(27)13-26(3)20(28)11-10-16-6-5-7-18(29-4)21(16)30-22(23)24/h5-12,22H,13H2,1-4H3,(H,25,27)/b11-10+. The summed E-state index contributed by atoms with van der Waals surface area (Å²) in [7, 11) is 2.80. The van der Waals surface area contributed by atoms with E-state index in [1.54, 1.807) is 6.07 Å². The average Bonchev–Trinajstić information content (AvgIpc) is 2.69. The molecule has 0 aromatic heterocycles. The van der Waals surface area contributed by atoms with Gasteiger partial charge in [-0.15, -0.1) is 0 Å². The van der Waals surface area contributed by atoms with E-state index >= 15 is 0 Å². The molecule has 0 spiro atoms. The van der Waals surface area contributed by atoms with E-state index in [0.717, 1.165) is 11.1 Å². The summed E-state index contributed by atoms with van der Waals surface area (Å²) in [5, 5.41) is 2.78. The molecule has 0 aliphatic heterocycles. The van der Waals surface area contributed by atoms with Crippen LogP contribution in [0.4, 0.5) is 14.5 Å². The second kappa shape index (κ2) is 10.4. The summed E-state index contributed by atoms with van der Waals surface area (Å²) >= 11 is 0. The molecule has 0 radical (unpaired) electrons. The number of carbonyl (C=O) groups is 2. The van der Waals surface area contributed by atoms with E-state index in [9.17, 15) is 18.4 Å². The van der Waals surface area contributed by atoms with Crippen LogP contribution in [0.1, 0.15) is 16.7 Å². The molecule has 160 valence electrons. The highest BCUT2D eigenvalue weighted by molar-refractivity contribution is 5.98. The number of hydrogen-bond donors (Lipinski definition) is 1. The van der Waals surface area contributed by atoms with Gasteiger partial charge in [0, 0.05) is 24.4 Å². The number of methoxy groups -OCH3 is 1. The zero-order valence-electron chi connectivity index (χ0n) is 17.2. The number of nitrogens with zero attached hydrogens (tertiary/aromatic N) is 1. The molecule has 8 heteroatoms. The van der Waals surface area contributed by atoms with Crippen LogP contribution < -0.4 is 14.8 Å². The van der Waals surface area contributed by atoms with Gasteiger partial charge in [0.25, 0.3) is 0 Å². The highest BCUT2D eigenvalue weighted by Crippen LogP contribution is 2.33. The summed E-state index contributed by atoms with van der Waals surface area (Å²) in [4.78, 5) is 25.8. The molecule has 0 aliphatic carbocycles. The fourth-order valence-corrected chi connectivity index (χ4v) is 2.68. The summed E-state index contributed by atoms with van der Waals surface area (Å²) in [6.45, 7) is 0.579. The minimum atomic E-state index is -3.04. The van der Waals surface area contributed by atoms with E-state index in [2.05, 4.69) is 10.1 Å². The maximum Gasteiger partial charge on any atom is 0.387 e. The maximum atomic E-state index is 12.7. The van der Waals surface area contributed by atoms with Crippen molar-refractivity contribution >= 4 is 23.6 Å². The molecule has 0 heterocycles. The molecule has 0 unspecified atom stereocenters. The van der Waals surface area contributed by atoms with Crippen molar-refractivity contribution in [2.45, 2.75) is 20.5 Å². The predicted molar refractivity (Wildman–Crippen MR) is 111 cm³/mol. The zero-order chi connectivity index (χ0) is 22.3. The molecule has 2 rings (SSSR count). The number of benzene rings is 2. The minimum Gasteiger partial charge on any atom is -0.493 e. The normalized spacial score (nSPS) is 10.9. The van der Waals surface area contributed by atoms with Gasteiger partial charge in [-0.05, 0) is 43.2 Å². The first-order chi connectivity index (χ1) is 14.2. The number of ether oxygens (including phenoxy) is 2. The van der Waals surface area contributed by atoms with E-state index in [0.29, 0.717) is 5.69 Å². The first kappa shape index (κ1) is 22.9. The lowest BCUT2D eigenvalue weighted by atomic mass is 10.1. The van der Waals surface area contributed by atoms with Crippen LogP contribution in [0.25, 0.3) is 6.08 Å². The van der Waals surface area contributed by atoms with Gasteiger partial charge in [-0.2, -0.15) is 8.78 Å². The number of rotatable bonds is 8. The Kier molecular flexibility index (Phi) is 7.91. The molecule has 0 bridgehead atoms. The topological polar surface area (TPSA) is 67.9 Å². The Balaban J connectivity index is 2.06. The number of hydrogen-bond acceptors (Lipinski definition) is 4. The van der Waals surface area contributed by atoms with Crippen LogP contribution in [0.2, 0.25) is 0 Å². The number of aryl methyl sites for hydroxylation is 2. The smallest absolute Gasteiger partial charge is 0.387 e. The van der Waals surface area contributed by atoms with E-state index in [1.807, 2.05) is 32.0 Å². The second-order valence-corrected chi connectivity index (χ2v) is 6.65. The number of likely N-dealkylation sites (N-methyl/N-ethyl adjacent to an activating group) is 1. The molecular weight excluding hydrogens is 394 g/mol. The highest BCUT2D eigenvalue weighted by atomic mass is 19.3. The molecule has 1 N–H and O–H groups in total. The number of anilines is 1. The van der Waals surface area contributed by atoms with Crippen LogP contribution in [-0.4, -0.2) is 44.0 Å². The van der Waals surface area contributed by atoms with Gasteiger partial charge in [-0.25, -0.2) is 0 Å². The van der Waals surface area contributed by atoms with Crippen molar-refractivity contribution in [1.29, 1.82) is 0 Å². The number of carbonyl (C=O) groups excluding carboxylic acids is 2. The molecule has 0 aliphatic rings. The van der Waals surface area contributed by atoms with Crippen LogP contribution in [-0.2, 0) is 9.59 Å². The predicted octanol–water partition coefficient (Wildman–Crippen LogP) is 4.02. The summed E-state index contributed by atoms with van der Waals surface area (Å²) in [6, 6.07) is 10.3. The lowest BCUT2D eigenvalue weighted by molar-refractivity contribution is -0.129. The lowest BCUT2D eigenvalue weighted by Crippen LogP contribution is -2.34. The Hall–Kier alpha value is -3.42. The monoisotopic (exact) mass is 418 g/mol. The van der Waals surface area contributed by atoms with Gasteiger partial charge >= 0.3 is 6.61 Å². The fraction of sp³-hybridized carbons (Fsp3) is 0.273. The summed E-state index contributed by atoms with van der Waals surface area (Å²) in [5.74, 6) is -0.881. The Labute approximate surface area is 174 Å². The van der Waals surface area contributed by atoms with Gasteiger partial charge in [0.1, 0.15) is 0 Å². The van der Waals surface area contributed by atoms with Crippen molar-refractivity contribution in [1.82, 2.24) is 4.90 Å². The Morgan fingerprint density at radius 1 is 1.20 bits per heavy atom. The molecule has 2 aromatic carbocycles. The summed E-state index contributed by atoms with van der Waals surface area (Å²) < 4.78 is 34.9. The number of alkyl halides is 2. The van der Waals surface area contributed by atoms with Gasteiger partial charge in [0.2, 0.25) is 11.8 Å². The number of amides is 2. The second-order valence-electron chi connectivity index (χ2n) is 6.65. The number of halogens is 2. The van der Waals surface area contributed by atoms with E-state index < -0.39 is 12.5 Å². The van der Waals surface area contributed by atoms with Crippen LogP contribution in [0.15, 0.2) is 42.5 Å². The van der Waals surface area contributed by atoms with Gasteiger partial charge in [0.15, 0.2) is 11.5 Å². The molecule has 0 saturated heterocycles. The quantitative estimate of drug-likeness (QED) is 0.658. The van der Waals surface area contributed by atoms with Gasteiger partial charge < -0.3 is 19.7 Å². The molecule has 2 amide bonds. The molecular formula is C22H24F2N2O4. The largest absolute Gasteiger partial charge is 0.493 e. The van der Waals surface area contributed by atoms with Crippen molar-refractivity contribution in [2.75, 3.05) is 26.0 Å². The van der Waals surface area contributed by atoms with Gasteiger partial charge in [-0.3, -0.25) is 9.59 Å². The van der Waals surface area contributed by atoms with Crippen LogP contribution in [0.3, 0.4) is 0 Å². The first-order valence-electron chi connectivity index (χ1n) is 9.13. The fourth-order valence-electron chi connectivity index (χ4n) is 2.68. The van der Waals surface area contributed by atoms with Crippen molar-refractivity contribution in [3.63, 3.8) is 0 Å². The maximum absolute atomic E-state index is 12.7. The van der Waals surface area contributed by atoms with Crippen molar-refractivity contribution in [2.24, 2.45) is 0 Å². The van der Waals surface area contributed by atoms with Crippen LogP contribution in [0.5, 0.6) is 11.5 Å². The van der Waals surface area contributed by atoms with Crippen molar-refractivity contribution in [3.05, 3.63) is 59.2 Å².